The summed E-state index contributed by atoms with van der Waals surface area (Å²) in [5, 5.41) is 16.4. The number of nitrogens with one attached hydrogen (secondary N) is 2. The van der Waals surface area contributed by atoms with Crippen molar-refractivity contribution >= 4 is 11.8 Å². The van der Waals surface area contributed by atoms with Crippen molar-refractivity contribution in [2.75, 3.05) is 13.1 Å². The van der Waals surface area contributed by atoms with E-state index in [4.69, 9.17) is 0 Å². The number of aliphatic hydroxyl groups is 1. The second kappa shape index (κ2) is 12.2. The molecule has 0 aromatic heterocycles. The highest BCUT2D eigenvalue weighted by Gasteiger charge is 2.53. The maximum atomic E-state index is 12.8. The molecule has 5 nitrogen and oxygen atoms in total. The molecule has 3 saturated heterocycles. The third-order valence-electron chi connectivity index (χ3n) is 10.6. The Morgan fingerprint density at radius 1 is 1.03 bits per heavy atom. The fraction of sp³-hybridized carbons (Fsp3) is 0.931. The number of hydrogen-bond donors (Lipinski definition) is 3. The smallest absolute Gasteiger partial charge is 0.391 e. The van der Waals surface area contributed by atoms with E-state index in [2.05, 4.69) is 41.1 Å². The lowest BCUT2D eigenvalue weighted by atomic mass is 9.68. The summed E-state index contributed by atoms with van der Waals surface area (Å²) in [5.41, 5.74) is 0.839. The Hall–Kier alpha value is -0.480. The summed E-state index contributed by atoms with van der Waals surface area (Å²) in [4.78, 5) is 2.52. The summed E-state index contributed by atoms with van der Waals surface area (Å²) in [5.74, 6) is 2.19. The Bertz CT molecular complexity index is 803. The van der Waals surface area contributed by atoms with Gasteiger partial charge in [-0.05, 0) is 75.0 Å². The Morgan fingerprint density at radius 3 is 2.39 bits per heavy atom. The van der Waals surface area contributed by atoms with Crippen molar-refractivity contribution in [3.05, 3.63) is 12.3 Å². The van der Waals surface area contributed by atoms with Gasteiger partial charge in [-0.25, -0.2) is 5.01 Å². The zero-order chi connectivity index (χ0) is 27.0. The lowest BCUT2D eigenvalue weighted by molar-refractivity contribution is -0.0534. The van der Waals surface area contributed by atoms with Crippen molar-refractivity contribution in [3.63, 3.8) is 0 Å². The van der Waals surface area contributed by atoms with Crippen molar-refractivity contribution in [1.82, 2.24) is 20.7 Å². The first-order valence-electron chi connectivity index (χ1n) is 15.4. The Labute approximate surface area is 231 Å². The number of rotatable bonds is 8. The van der Waals surface area contributed by atoms with E-state index >= 15 is 0 Å². The topological polar surface area (TPSA) is 50.8 Å². The molecule has 0 bridgehead atoms. The number of aliphatic hydroxyl groups excluding tert-OH is 1. The fourth-order valence-electron chi connectivity index (χ4n) is 8.52. The van der Waals surface area contributed by atoms with Gasteiger partial charge in [-0.1, -0.05) is 46.1 Å². The highest BCUT2D eigenvalue weighted by molar-refractivity contribution is 8.00. The molecule has 3 heterocycles. The van der Waals surface area contributed by atoms with Crippen LogP contribution in [-0.4, -0.2) is 69.3 Å². The molecule has 2 aliphatic carbocycles. The summed E-state index contributed by atoms with van der Waals surface area (Å²) >= 11 is 0.0817. The quantitative estimate of drug-likeness (QED) is 0.347. The molecule has 9 unspecified atom stereocenters. The van der Waals surface area contributed by atoms with Gasteiger partial charge in [-0.2, -0.15) is 13.2 Å². The second-order valence-corrected chi connectivity index (χ2v) is 13.9. The fourth-order valence-corrected chi connectivity index (χ4v) is 9.28. The number of halogens is 3. The van der Waals surface area contributed by atoms with E-state index in [0.717, 1.165) is 63.1 Å². The molecule has 0 amide bonds. The maximum Gasteiger partial charge on any atom is 0.443 e. The van der Waals surface area contributed by atoms with Gasteiger partial charge in [-0.15, -0.1) is 0 Å². The minimum atomic E-state index is -4.20. The molecule has 38 heavy (non-hydrogen) atoms. The molecule has 2 saturated carbocycles. The monoisotopic (exact) mass is 558 g/mol. The van der Waals surface area contributed by atoms with Gasteiger partial charge < -0.3 is 15.3 Å². The third-order valence-corrected chi connectivity index (χ3v) is 11.5. The molecule has 218 valence electrons. The predicted molar refractivity (Wildman–Crippen MR) is 148 cm³/mol. The van der Waals surface area contributed by atoms with Gasteiger partial charge in [0.2, 0.25) is 0 Å². The average Bonchev–Trinajstić information content (AvgIpc) is 3.20. The van der Waals surface area contributed by atoms with Crippen molar-refractivity contribution < 1.29 is 18.3 Å². The lowest BCUT2D eigenvalue weighted by Gasteiger charge is -2.50. The summed E-state index contributed by atoms with van der Waals surface area (Å²) in [7, 11) is 0. The van der Waals surface area contributed by atoms with E-state index in [9.17, 15) is 18.3 Å². The Balaban J connectivity index is 1.24. The van der Waals surface area contributed by atoms with Crippen LogP contribution in [0.15, 0.2) is 12.3 Å². The molecule has 5 fully saturated rings. The number of hydrazine groups is 1. The highest BCUT2D eigenvalue weighted by atomic mass is 32.2. The predicted octanol–water partition coefficient (Wildman–Crippen LogP) is 5.87. The van der Waals surface area contributed by atoms with Gasteiger partial charge in [0.25, 0.3) is 0 Å². The van der Waals surface area contributed by atoms with Gasteiger partial charge in [-0.3, -0.25) is 5.43 Å². The van der Waals surface area contributed by atoms with Gasteiger partial charge in [0.05, 0.1) is 17.5 Å². The van der Waals surface area contributed by atoms with Crippen molar-refractivity contribution in [2.24, 2.45) is 23.7 Å². The van der Waals surface area contributed by atoms with Crippen molar-refractivity contribution in [2.45, 2.75) is 132 Å². The number of fused-ring (bicyclic) bond motifs is 1. The van der Waals surface area contributed by atoms with Gasteiger partial charge in [0, 0.05) is 48.7 Å². The molecule has 0 aromatic rings. The van der Waals surface area contributed by atoms with Crippen LogP contribution in [0.1, 0.15) is 90.9 Å². The molecule has 9 heteroatoms. The SMILES string of the molecule is C=C(C1CCC(SC(F)(F)F)NC1)N1CCC2C(C(CCC)NN2C2CCC(C3CCC3)CC2O)C1CC. The summed E-state index contributed by atoms with van der Waals surface area (Å²) in [6.07, 6.45) is 12.6. The van der Waals surface area contributed by atoms with Gasteiger partial charge in [0.1, 0.15) is 0 Å². The van der Waals surface area contributed by atoms with Crippen LogP contribution in [0.5, 0.6) is 0 Å². The first-order chi connectivity index (χ1) is 18.2. The lowest BCUT2D eigenvalue weighted by Crippen LogP contribution is -2.58. The van der Waals surface area contributed by atoms with Crippen LogP contribution in [0.3, 0.4) is 0 Å². The highest BCUT2D eigenvalue weighted by Crippen LogP contribution is 2.46. The minimum absolute atomic E-state index is 0.0817. The standard InChI is InChI=1S/C29H49F3N4OS/c1-4-7-22-28-23(5-2)35(18(3)21-11-13-27(33-17-21)38-29(30,31)32)15-14-25(28)36(34-22)24-12-10-20(16-26(24)37)19-8-6-9-19/h19-28,33-34,37H,3-17H2,1-2H3. The average molecular weight is 559 g/mol. The summed E-state index contributed by atoms with van der Waals surface area (Å²) in [6, 6.07) is 1.36. The summed E-state index contributed by atoms with van der Waals surface area (Å²) < 4.78 is 38.5. The number of thioether (sulfide) groups is 1. The zero-order valence-corrected chi connectivity index (χ0v) is 24.1. The van der Waals surface area contributed by atoms with E-state index in [1.54, 1.807) is 0 Å². The molecular weight excluding hydrogens is 509 g/mol. The minimum Gasteiger partial charge on any atom is -0.391 e. The van der Waals surface area contributed by atoms with Crippen LogP contribution in [0.2, 0.25) is 0 Å². The Kier molecular flexibility index (Phi) is 9.30. The molecule has 3 aliphatic heterocycles. The molecule has 0 radical (unpaired) electrons. The van der Waals surface area contributed by atoms with Crippen LogP contribution < -0.4 is 10.7 Å². The van der Waals surface area contributed by atoms with E-state index in [1.807, 2.05) is 0 Å². The van der Waals surface area contributed by atoms with E-state index in [-0.39, 0.29) is 29.8 Å². The number of piperidine rings is 2. The third kappa shape index (κ3) is 6.07. The van der Waals surface area contributed by atoms with Crippen LogP contribution >= 0.6 is 11.8 Å². The molecule has 0 aromatic carbocycles. The van der Waals surface area contributed by atoms with Gasteiger partial charge in [0.15, 0.2) is 0 Å². The van der Waals surface area contributed by atoms with Crippen LogP contribution in [0.25, 0.3) is 0 Å². The molecular formula is C29H49F3N4OS. The number of nitrogens with zero attached hydrogens (tertiary/aromatic N) is 2. The zero-order valence-electron chi connectivity index (χ0n) is 23.3. The largest absolute Gasteiger partial charge is 0.443 e. The second-order valence-electron chi connectivity index (χ2n) is 12.7. The number of alkyl halides is 3. The number of likely N-dealkylation sites (tertiary alicyclic amines) is 1. The Morgan fingerprint density at radius 2 is 1.82 bits per heavy atom. The van der Waals surface area contributed by atoms with Crippen LogP contribution in [-0.2, 0) is 0 Å². The maximum absolute atomic E-state index is 12.8. The van der Waals surface area contributed by atoms with E-state index in [1.165, 1.54) is 25.7 Å². The molecule has 9 atom stereocenters. The van der Waals surface area contributed by atoms with Crippen molar-refractivity contribution in [1.29, 1.82) is 0 Å². The molecule has 3 N–H and O–H groups in total. The normalized spacial score (nSPS) is 41.1. The van der Waals surface area contributed by atoms with Crippen LogP contribution in [0.4, 0.5) is 13.2 Å². The van der Waals surface area contributed by atoms with Crippen molar-refractivity contribution in [3.8, 4) is 0 Å². The molecule has 5 rings (SSSR count). The summed E-state index contributed by atoms with van der Waals surface area (Å²) in [6.45, 7) is 10.5. The van der Waals surface area contributed by atoms with E-state index in [0.29, 0.717) is 42.9 Å². The first-order valence-corrected chi connectivity index (χ1v) is 16.2. The molecule has 0 spiro atoms. The van der Waals surface area contributed by atoms with E-state index < -0.39 is 10.9 Å². The molecule has 5 aliphatic rings. The van der Waals surface area contributed by atoms with Gasteiger partial charge >= 0.3 is 5.51 Å². The first kappa shape index (κ1) is 29.0. The number of hydrogen-bond acceptors (Lipinski definition) is 6. The van der Waals surface area contributed by atoms with Crippen LogP contribution in [0, 0.1) is 23.7 Å².